The quantitative estimate of drug-likeness (QED) is 0.789. The van der Waals surface area contributed by atoms with Crippen LogP contribution in [0.3, 0.4) is 0 Å². The number of halogens is 1. The maximum atomic E-state index is 11.9. The zero-order chi connectivity index (χ0) is 16.1. The minimum absolute atomic E-state index is 0.273. The van der Waals surface area contributed by atoms with Gasteiger partial charge in [0.15, 0.2) is 12.7 Å². The maximum Gasteiger partial charge on any atom is 0.344 e. The molecule has 0 aromatic heterocycles. The third kappa shape index (κ3) is 4.20. The van der Waals surface area contributed by atoms with Gasteiger partial charge in [-0.2, -0.15) is 0 Å². The largest absolute Gasteiger partial charge is 0.482 e. The van der Waals surface area contributed by atoms with E-state index in [1.54, 1.807) is 24.3 Å². The van der Waals surface area contributed by atoms with Crippen LogP contribution in [0.15, 0.2) is 28.7 Å². The van der Waals surface area contributed by atoms with Crippen molar-refractivity contribution in [2.45, 2.75) is 13.0 Å². The van der Waals surface area contributed by atoms with Crippen LogP contribution in [0, 0.1) is 0 Å². The summed E-state index contributed by atoms with van der Waals surface area (Å²) >= 11 is 3.29. The fourth-order valence-corrected chi connectivity index (χ4v) is 2.12. The summed E-state index contributed by atoms with van der Waals surface area (Å²) in [6, 6.07) is 6.47. The van der Waals surface area contributed by atoms with Crippen LogP contribution in [0.25, 0.3) is 0 Å². The van der Waals surface area contributed by atoms with Gasteiger partial charge in [0.05, 0.1) is 0 Å². The van der Waals surface area contributed by atoms with Gasteiger partial charge in [-0.25, -0.2) is 9.59 Å². The zero-order valence-electron chi connectivity index (χ0n) is 11.9. The van der Waals surface area contributed by atoms with Crippen molar-refractivity contribution in [3.8, 4) is 5.75 Å². The maximum absolute atomic E-state index is 11.9. The summed E-state index contributed by atoms with van der Waals surface area (Å²) in [6.07, 6.45) is -1.04. The van der Waals surface area contributed by atoms with Gasteiger partial charge < -0.3 is 14.8 Å². The van der Waals surface area contributed by atoms with Crippen molar-refractivity contribution in [2.75, 3.05) is 19.7 Å². The first kappa shape index (κ1) is 16.3. The average Bonchev–Trinajstić information content (AvgIpc) is 2.92. The molecule has 3 amide bonds. The molecule has 118 valence electrons. The average molecular weight is 371 g/mol. The van der Waals surface area contributed by atoms with E-state index in [0.29, 0.717) is 12.3 Å². The van der Waals surface area contributed by atoms with Crippen LogP contribution >= 0.6 is 15.9 Å². The summed E-state index contributed by atoms with van der Waals surface area (Å²) in [5.41, 5.74) is 0. The number of carbonyl (C=O) groups is 3. The Hall–Kier alpha value is -2.09. The number of hydrogen-bond acceptors (Lipinski definition) is 5. The van der Waals surface area contributed by atoms with Gasteiger partial charge in [0.2, 0.25) is 0 Å². The molecular formula is C14H15BrN2O5. The van der Waals surface area contributed by atoms with Crippen LogP contribution in [0.2, 0.25) is 0 Å². The number of ether oxygens (including phenoxy) is 2. The zero-order valence-corrected chi connectivity index (χ0v) is 13.5. The second-order valence-corrected chi connectivity index (χ2v) is 5.51. The van der Waals surface area contributed by atoms with E-state index < -0.39 is 24.0 Å². The Labute approximate surface area is 135 Å². The van der Waals surface area contributed by atoms with Gasteiger partial charge in [0.1, 0.15) is 5.75 Å². The normalized spacial score (nSPS) is 15.2. The number of esters is 1. The number of amides is 3. The first-order valence-corrected chi connectivity index (χ1v) is 7.43. The molecule has 2 rings (SSSR count). The molecule has 0 spiro atoms. The van der Waals surface area contributed by atoms with E-state index >= 15 is 0 Å². The van der Waals surface area contributed by atoms with Crippen molar-refractivity contribution in [1.29, 1.82) is 0 Å². The van der Waals surface area contributed by atoms with E-state index in [9.17, 15) is 14.4 Å². The van der Waals surface area contributed by atoms with Crippen LogP contribution in [0.4, 0.5) is 4.79 Å². The molecule has 8 heteroatoms. The Bertz CT molecular complexity index is 575. The van der Waals surface area contributed by atoms with Crippen molar-refractivity contribution >= 4 is 33.8 Å². The van der Waals surface area contributed by atoms with Crippen molar-refractivity contribution in [3.05, 3.63) is 28.7 Å². The Balaban J connectivity index is 1.79. The van der Waals surface area contributed by atoms with E-state index in [4.69, 9.17) is 9.47 Å². The van der Waals surface area contributed by atoms with Gasteiger partial charge in [-0.15, -0.1) is 0 Å². The number of nitrogens with one attached hydrogen (secondary N) is 1. The highest BCUT2D eigenvalue weighted by Crippen LogP contribution is 2.16. The highest BCUT2D eigenvalue weighted by Gasteiger charge is 2.31. The smallest absolute Gasteiger partial charge is 0.344 e. The lowest BCUT2D eigenvalue weighted by atomic mass is 10.3. The number of carbonyl (C=O) groups excluding carboxylic acids is 3. The molecule has 1 fully saturated rings. The Morgan fingerprint density at radius 3 is 2.64 bits per heavy atom. The first-order valence-electron chi connectivity index (χ1n) is 6.64. The van der Waals surface area contributed by atoms with Gasteiger partial charge in [-0.05, 0) is 31.2 Å². The molecule has 0 saturated carbocycles. The number of nitrogens with zero attached hydrogens (tertiary/aromatic N) is 1. The molecular weight excluding hydrogens is 356 g/mol. The lowest BCUT2D eigenvalue weighted by molar-refractivity contribution is -0.159. The molecule has 7 nitrogen and oxygen atoms in total. The van der Waals surface area contributed by atoms with Crippen LogP contribution in [-0.2, 0) is 14.3 Å². The van der Waals surface area contributed by atoms with E-state index in [1.807, 2.05) is 0 Å². The minimum Gasteiger partial charge on any atom is -0.482 e. The summed E-state index contributed by atoms with van der Waals surface area (Å²) in [4.78, 5) is 36.0. The van der Waals surface area contributed by atoms with Gasteiger partial charge in [-0.1, -0.05) is 15.9 Å². The number of benzene rings is 1. The summed E-state index contributed by atoms with van der Waals surface area (Å²) in [7, 11) is 0. The standard InChI is InChI=1S/C14H15BrN2O5/c1-9(13(19)17-7-6-16-14(17)20)22-12(18)8-21-11-4-2-10(15)3-5-11/h2-5,9H,6-8H2,1H3,(H,16,20). The van der Waals surface area contributed by atoms with Gasteiger partial charge in [0, 0.05) is 17.6 Å². The highest BCUT2D eigenvalue weighted by molar-refractivity contribution is 9.10. The molecule has 1 atom stereocenters. The molecule has 1 aliphatic rings. The van der Waals surface area contributed by atoms with Crippen molar-refractivity contribution < 1.29 is 23.9 Å². The molecule has 0 aliphatic carbocycles. The highest BCUT2D eigenvalue weighted by atomic mass is 79.9. The monoisotopic (exact) mass is 370 g/mol. The molecule has 1 aromatic carbocycles. The minimum atomic E-state index is -1.04. The summed E-state index contributed by atoms with van der Waals surface area (Å²) in [5.74, 6) is -0.714. The molecule has 1 saturated heterocycles. The second-order valence-electron chi connectivity index (χ2n) is 4.60. The van der Waals surface area contributed by atoms with Gasteiger partial charge >= 0.3 is 12.0 Å². The van der Waals surface area contributed by atoms with E-state index in [0.717, 1.165) is 9.37 Å². The van der Waals surface area contributed by atoms with E-state index in [-0.39, 0.29) is 13.2 Å². The lowest BCUT2D eigenvalue weighted by Gasteiger charge is -2.18. The molecule has 22 heavy (non-hydrogen) atoms. The SMILES string of the molecule is CC(OC(=O)COc1ccc(Br)cc1)C(=O)N1CCNC1=O. The van der Waals surface area contributed by atoms with Crippen molar-refractivity contribution in [2.24, 2.45) is 0 Å². The summed E-state index contributed by atoms with van der Waals surface area (Å²) in [6.45, 7) is 1.78. The number of rotatable bonds is 5. The molecule has 1 heterocycles. The number of hydrogen-bond donors (Lipinski definition) is 1. The van der Waals surface area contributed by atoms with Gasteiger partial charge in [0.25, 0.3) is 5.91 Å². The van der Waals surface area contributed by atoms with E-state index in [1.165, 1.54) is 6.92 Å². The van der Waals surface area contributed by atoms with Crippen LogP contribution in [0.1, 0.15) is 6.92 Å². The molecule has 0 radical (unpaired) electrons. The Kier molecular flexibility index (Phi) is 5.37. The Morgan fingerprint density at radius 2 is 2.05 bits per heavy atom. The fraction of sp³-hybridized carbons (Fsp3) is 0.357. The van der Waals surface area contributed by atoms with E-state index in [2.05, 4.69) is 21.2 Å². The number of urea groups is 1. The third-order valence-corrected chi connectivity index (χ3v) is 3.48. The van der Waals surface area contributed by atoms with Crippen LogP contribution in [0.5, 0.6) is 5.75 Å². The van der Waals surface area contributed by atoms with Crippen LogP contribution in [-0.4, -0.2) is 48.6 Å². The van der Waals surface area contributed by atoms with Crippen LogP contribution < -0.4 is 10.1 Å². The molecule has 1 unspecified atom stereocenters. The lowest BCUT2D eigenvalue weighted by Crippen LogP contribution is -2.42. The third-order valence-electron chi connectivity index (χ3n) is 2.95. The molecule has 1 N–H and O–H groups in total. The molecule has 1 aromatic rings. The van der Waals surface area contributed by atoms with Gasteiger partial charge in [-0.3, -0.25) is 9.69 Å². The second kappa shape index (κ2) is 7.26. The first-order chi connectivity index (χ1) is 10.5. The molecule has 1 aliphatic heterocycles. The summed E-state index contributed by atoms with van der Waals surface area (Å²) < 4.78 is 11.1. The number of imide groups is 1. The Morgan fingerprint density at radius 1 is 1.36 bits per heavy atom. The predicted molar refractivity (Wildman–Crippen MR) is 80.3 cm³/mol. The molecule has 0 bridgehead atoms. The van der Waals surface area contributed by atoms with Crippen molar-refractivity contribution in [3.63, 3.8) is 0 Å². The topological polar surface area (TPSA) is 84.9 Å². The van der Waals surface area contributed by atoms with Crippen molar-refractivity contribution in [1.82, 2.24) is 10.2 Å². The fourth-order valence-electron chi connectivity index (χ4n) is 1.86. The predicted octanol–water partition coefficient (Wildman–Crippen LogP) is 1.31. The summed E-state index contributed by atoms with van der Waals surface area (Å²) in [5, 5.41) is 2.51.